The van der Waals surface area contributed by atoms with Crippen molar-refractivity contribution >= 4 is 16.6 Å². The summed E-state index contributed by atoms with van der Waals surface area (Å²) in [7, 11) is 2.09. The Bertz CT molecular complexity index is 1050. The van der Waals surface area contributed by atoms with E-state index in [2.05, 4.69) is 27.5 Å². The van der Waals surface area contributed by atoms with E-state index in [1.54, 1.807) is 18.2 Å². The smallest absolute Gasteiger partial charge is 0.228 e. The van der Waals surface area contributed by atoms with Gasteiger partial charge in [-0.15, -0.1) is 10.2 Å². The van der Waals surface area contributed by atoms with E-state index in [-0.39, 0.29) is 5.75 Å². The number of alkyl halides is 1. The van der Waals surface area contributed by atoms with Crippen LogP contribution in [0.4, 0.5) is 10.2 Å². The molecule has 2 aliphatic rings. The van der Waals surface area contributed by atoms with E-state index in [9.17, 15) is 9.50 Å². The molecule has 2 saturated heterocycles. The van der Waals surface area contributed by atoms with Gasteiger partial charge in [0.1, 0.15) is 11.5 Å². The number of hydrogen-bond acceptors (Lipinski definition) is 6. The van der Waals surface area contributed by atoms with Gasteiger partial charge in [0.25, 0.3) is 0 Å². The van der Waals surface area contributed by atoms with Crippen LogP contribution in [0.15, 0.2) is 42.5 Å². The van der Waals surface area contributed by atoms with Crippen molar-refractivity contribution in [3.63, 3.8) is 0 Å². The van der Waals surface area contributed by atoms with Crippen molar-refractivity contribution in [2.75, 3.05) is 18.8 Å². The molecule has 3 atom stereocenters. The number of halogens is 1. The molecule has 0 unspecified atom stereocenters. The van der Waals surface area contributed by atoms with Crippen molar-refractivity contribution in [2.45, 2.75) is 43.8 Å². The molecule has 2 aliphatic heterocycles. The number of nitrogens with one attached hydrogen (secondary N) is 1. The fraction of sp³-hybridized carbons (Fsp3) is 0.391. The molecule has 7 heteroatoms. The first-order valence-electron chi connectivity index (χ1n) is 10.4. The molecule has 0 aliphatic carbocycles. The highest BCUT2D eigenvalue weighted by Crippen LogP contribution is 2.35. The molecule has 6 nitrogen and oxygen atoms in total. The van der Waals surface area contributed by atoms with Gasteiger partial charge in [-0.2, -0.15) is 0 Å². The molecule has 0 amide bonds. The van der Waals surface area contributed by atoms with Gasteiger partial charge < -0.3 is 20.1 Å². The molecule has 3 heterocycles. The number of ether oxygens (including phenoxy) is 1. The highest BCUT2D eigenvalue weighted by molar-refractivity contribution is 5.90. The van der Waals surface area contributed by atoms with Gasteiger partial charge in [0.15, 0.2) is 5.82 Å². The lowest BCUT2D eigenvalue weighted by Gasteiger charge is -2.36. The quantitative estimate of drug-likeness (QED) is 0.664. The Morgan fingerprint density at radius 1 is 1.07 bits per heavy atom. The summed E-state index contributed by atoms with van der Waals surface area (Å²) in [5.74, 6) is 1.37. The minimum atomic E-state index is -0.884. The van der Waals surface area contributed by atoms with Crippen molar-refractivity contribution in [1.29, 1.82) is 0 Å². The van der Waals surface area contributed by atoms with Gasteiger partial charge in [0.2, 0.25) is 6.86 Å². The Hall–Kier alpha value is -2.93. The molecule has 156 valence electrons. The second-order valence-corrected chi connectivity index (χ2v) is 8.28. The summed E-state index contributed by atoms with van der Waals surface area (Å²) < 4.78 is 17.3. The maximum atomic E-state index is 12.4. The maximum Gasteiger partial charge on any atom is 0.228 e. The van der Waals surface area contributed by atoms with E-state index < -0.39 is 6.86 Å². The number of benzene rings is 2. The zero-order chi connectivity index (χ0) is 20.7. The standard InChI is InChI=1S/C23H25FN4O2/c1-28(18-11-16-3-4-17(12-18)25-16)23-7-6-21(26-27-23)20-9-14-2-5-19(30-13-24)8-15(14)10-22(20)29/h2,5-10,16-18,25,29H,3-4,11-13H2,1H3/t16-,17+,18+. The SMILES string of the molecule is CN(c1ccc(-c2cc3ccc(OCF)cc3cc2O)nn1)[C@H]1C[C@H]2CC[C@@H](C1)N2. The number of piperidine rings is 1. The normalized spacial score (nSPS) is 22.9. The molecule has 0 saturated carbocycles. The average Bonchev–Trinajstić information content (AvgIpc) is 3.10. The Balaban J connectivity index is 1.39. The number of rotatable bonds is 5. The largest absolute Gasteiger partial charge is 0.507 e. The van der Waals surface area contributed by atoms with Crippen LogP contribution in [0, 0.1) is 0 Å². The van der Waals surface area contributed by atoms with Crippen LogP contribution in [0.2, 0.25) is 0 Å². The second kappa shape index (κ2) is 7.72. The summed E-state index contributed by atoms with van der Waals surface area (Å²) in [5.41, 5.74) is 1.23. The van der Waals surface area contributed by atoms with Gasteiger partial charge in [-0.05, 0) is 72.9 Å². The van der Waals surface area contributed by atoms with E-state index in [4.69, 9.17) is 4.74 Å². The highest BCUT2D eigenvalue weighted by Gasteiger charge is 2.35. The van der Waals surface area contributed by atoms with E-state index in [0.717, 1.165) is 29.4 Å². The van der Waals surface area contributed by atoms with E-state index in [1.165, 1.54) is 12.8 Å². The number of aromatic nitrogens is 2. The van der Waals surface area contributed by atoms with Crippen LogP contribution in [0.1, 0.15) is 25.7 Å². The first-order valence-corrected chi connectivity index (χ1v) is 10.4. The summed E-state index contributed by atoms with van der Waals surface area (Å²) in [6.45, 7) is -0.884. The minimum Gasteiger partial charge on any atom is -0.507 e. The molecule has 2 fully saturated rings. The van der Waals surface area contributed by atoms with Gasteiger partial charge in [0, 0.05) is 30.7 Å². The summed E-state index contributed by atoms with van der Waals surface area (Å²) in [5, 5.41) is 24.7. The predicted octanol–water partition coefficient (Wildman–Crippen LogP) is 4.03. The molecule has 2 bridgehead atoms. The fourth-order valence-corrected chi connectivity index (χ4v) is 4.81. The highest BCUT2D eigenvalue weighted by atomic mass is 19.1. The topological polar surface area (TPSA) is 70.5 Å². The molecule has 30 heavy (non-hydrogen) atoms. The van der Waals surface area contributed by atoms with Gasteiger partial charge in [0.05, 0.1) is 5.69 Å². The van der Waals surface area contributed by atoms with E-state index in [1.807, 2.05) is 24.3 Å². The number of anilines is 1. The molecule has 3 aromatic rings. The van der Waals surface area contributed by atoms with Gasteiger partial charge in [-0.3, -0.25) is 0 Å². The van der Waals surface area contributed by atoms with E-state index >= 15 is 0 Å². The predicted molar refractivity (Wildman–Crippen MR) is 115 cm³/mol. The molecule has 0 radical (unpaired) electrons. The zero-order valence-electron chi connectivity index (χ0n) is 16.9. The van der Waals surface area contributed by atoms with Crippen molar-refractivity contribution in [2.24, 2.45) is 0 Å². The monoisotopic (exact) mass is 408 g/mol. The van der Waals surface area contributed by atoms with Crippen LogP contribution in [-0.2, 0) is 0 Å². The lowest BCUT2D eigenvalue weighted by atomic mass is 9.98. The number of phenols is 1. The third kappa shape index (κ3) is 3.54. The number of hydrogen-bond donors (Lipinski definition) is 2. The molecule has 1 aromatic heterocycles. The maximum absolute atomic E-state index is 12.4. The first-order chi connectivity index (χ1) is 14.6. The number of phenolic OH excluding ortho intramolecular Hbond substituents is 1. The third-order valence-corrected chi connectivity index (χ3v) is 6.43. The Labute approximate surface area is 174 Å². The zero-order valence-corrected chi connectivity index (χ0v) is 16.9. The van der Waals surface area contributed by atoms with Crippen molar-refractivity contribution in [3.8, 4) is 22.8 Å². The van der Waals surface area contributed by atoms with Crippen LogP contribution < -0.4 is 15.0 Å². The summed E-state index contributed by atoms with van der Waals surface area (Å²) >= 11 is 0. The Morgan fingerprint density at radius 3 is 2.57 bits per heavy atom. The average molecular weight is 408 g/mol. The summed E-state index contributed by atoms with van der Waals surface area (Å²) in [6.07, 6.45) is 4.80. The van der Waals surface area contributed by atoms with Crippen molar-refractivity contribution in [1.82, 2.24) is 15.5 Å². The molecule has 2 aromatic carbocycles. The van der Waals surface area contributed by atoms with Gasteiger partial charge in [-0.25, -0.2) is 4.39 Å². The van der Waals surface area contributed by atoms with Gasteiger partial charge >= 0.3 is 0 Å². The Morgan fingerprint density at radius 2 is 1.87 bits per heavy atom. The lowest BCUT2D eigenvalue weighted by Crippen LogP contribution is -2.47. The molecular formula is C23H25FN4O2. The molecular weight excluding hydrogens is 383 g/mol. The molecule has 2 N–H and O–H groups in total. The third-order valence-electron chi connectivity index (χ3n) is 6.43. The lowest BCUT2D eigenvalue weighted by molar-refractivity contribution is 0.192. The number of fused-ring (bicyclic) bond motifs is 3. The number of nitrogens with zero attached hydrogens (tertiary/aromatic N) is 3. The first kappa shape index (κ1) is 19.1. The van der Waals surface area contributed by atoms with Crippen molar-refractivity contribution in [3.05, 3.63) is 42.5 Å². The van der Waals surface area contributed by atoms with Crippen LogP contribution in [0.25, 0.3) is 22.0 Å². The number of aromatic hydroxyl groups is 1. The second-order valence-electron chi connectivity index (χ2n) is 8.28. The van der Waals surface area contributed by atoms with Crippen LogP contribution in [0.5, 0.6) is 11.5 Å². The summed E-state index contributed by atoms with van der Waals surface area (Å²) in [6, 6.07) is 14.3. The summed E-state index contributed by atoms with van der Waals surface area (Å²) in [4.78, 5) is 2.23. The van der Waals surface area contributed by atoms with Crippen LogP contribution in [0.3, 0.4) is 0 Å². The van der Waals surface area contributed by atoms with E-state index in [0.29, 0.717) is 35.1 Å². The van der Waals surface area contributed by atoms with Gasteiger partial charge in [-0.1, -0.05) is 6.07 Å². The molecule has 5 rings (SSSR count). The fourth-order valence-electron chi connectivity index (χ4n) is 4.81. The molecule has 0 spiro atoms. The van der Waals surface area contributed by atoms with Crippen LogP contribution in [-0.4, -0.2) is 47.3 Å². The van der Waals surface area contributed by atoms with Crippen LogP contribution >= 0.6 is 0 Å². The minimum absolute atomic E-state index is 0.102. The van der Waals surface area contributed by atoms with Crippen molar-refractivity contribution < 1.29 is 14.2 Å². The Kier molecular flexibility index (Phi) is 4.90.